The molecule has 0 unspecified atom stereocenters. The van der Waals surface area contributed by atoms with Crippen LogP contribution in [-0.2, 0) is 0 Å². The average Bonchev–Trinajstić information content (AvgIpc) is 2.79. The Labute approximate surface area is 94.7 Å². The average molecular weight is 218 g/mol. The smallest absolute Gasteiger partial charge is 0.153 e. The van der Waals surface area contributed by atoms with Crippen LogP contribution in [0.4, 0.5) is 0 Å². The van der Waals surface area contributed by atoms with E-state index in [2.05, 4.69) is 11.1 Å². The highest BCUT2D eigenvalue weighted by atomic mass is 32.2. The summed E-state index contributed by atoms with van der Waals surface area (Å²) in [4.78, 5) is 5.09. The van der Waals surface area contributed by atoms with Crippen molar-refractivity contribution < 1.29 is 0 Å². The third-order valence-corrected chi connectivity index (χ3v) is 4.10. The van der Waals surface area contributed by atoms with Crippen LogP contribution < -0.4 is 0 Å². The van der Waals surface area contributed by atoms with Crippen molar-refractivity contribution in [2.24, 2.45) is 5.92 Å². The van der Waals surface area contributed by atoms with Crippen molar-refractivity contribution in [3.8, 4) is 6.07 Å². The summed E-state index contributed by atoms with van der Waals surface area (Å²) < 4.78 is 0. The first-order valence-corrected chi connectivity index (χ1v) is 6.36. The van der Waals surface area contributed by atoms with Gasteiger partial charge in [-0.3, -0.25) is 0 Å². The topological polar surface area (TPSA) is 36.7 Å². The lowest BCUT2D eigenvalue weighted by molar-refractivity contribution is 0.623. The summed E-state index contributed by atoms with van der Waals surface area (Å²) in [7, 11) is 0. The van der Waals surface area contributed by atoms with Gasteiger partial charge in [-0.1, -0.05) is 12.8 Å². The minimum absolute atomic E-state index is 0.570. The number of thioether (sulfide) groups is 1. The fourth-order valence-corrected chi connectivity index (χ4v) is 3.13. The molecule has 1 heterocycles. The van der Waals surface area contributed by atoms with Gasteiger partial charge in [-0.15, -0.1) is 11.8 Å². The molecule has 2 nitrogen and oxygen atoms in total. The number of pyridine rings is 1. The summed E-state index contributed by atoms with van der Waals surface area (Å²) >= 11 is 1.78. The molecule has 0 radical (unpaired) electrons. The quantitative estimate of drug-likeness (QED) is 0.731. The van der Waals surface area contributed by atoms with E-state index in [0.717, 1.165) is 16.6 Å². The van der Waals surface area contributed by atoms with E-state index in [1.54, 1.807) is 18.0 Å². The summed E-state index contributed by atoms with van der Waals surface area (Å²) in [5, 5.41) is 8.88. The predicted octanol–water partition coefficient (Wildman–Crippen LogP) is 3.24. The van der Waals surface area contributed by atoms with Gasteiger partial charge < -0.3 is 0 Å². The summed E-state index contributed by atoms with van der Waals surface area (Å²) in [5.41, 5.74) is 0.570. The maximum Gasteiger partial charge on any atom is 0.153 e. The molecule has 1 saturated carbocycles. The van der Waals surface area contributed by atoms with E-state index >= 15 is 0 Å². The maximum atomic E-state index is 8.88. The molecule has 3 heteroatoms. The number of hydrogen-bond donors (Lipinski definition) is 0. The monoisotopic (exact) mass is 218 g/mol. The molecule has 0 N–H and O–H groups in total. The van der Waals surface area contributed by atoms with Crippen molar-refractivity contribution in [3.63, 3.8) is 0 Å². The van der Waals surface area contributed by atoms with Gasteiger partial charge in [0, 0.05) is 16.8 Å². The minimum atomic E-state index is 0.570. The molecule has 15 heavy (non-hydrogen) atoms. The second-order valence-electron chi connectivity index (χ2n) is 3.92. The molecular formula is C12H14N2S. The standard InChI is InChI=1S/C12H14N2S/c13-8-11-12(6-3-7-14-11)15-9-10-4-1-2-5-10/h3,6-7,10H,1-2,4-5,9H2. The number of nitriles is 1. The first kappa shape index (κ1) is 10.5. The number of nitrogens with zero attached hydrogens (tertiary/aromatic N) is 2. The molecule has 0 saturated heterocycles. The third kappa shape index (κ3) is 2.73. The Hall–Kier alpha value is -1.01. The second kappa shape index (κ2) is 5.18. The normalized spacial score (nSPS) is 16.5. The van der Waals surface area contributed by atoms with Crippen molar-refractivity contribution >= 4 is 11.8 Å². The highest BCUT2D eigenvalue weighted by Crippen LogP contribution is 2.31. The van der Waals surface area contributed by atoms with Crippen molar-refractivity contribution in [2.45, 2.75) is 30.6 Å². The van der Waals surface area contributed by atoms with Crippen LogP contribution in [0.25, 0.3) is 0 Å². The molecule has 78 valence electrons. The highest BCUT2D eigenvalue weighted by Gasteiger charge is 2.15. The molecule has 2 rings (SSSR count). The number of aromatic nitrogens is 1. The zero-order valence-electron chi connectivity index (χ0n) is 8.65. The van der Waals surface area contributed by atoms with Crippen LogP contribution >= 0.6 is 11.8 Å². The Bertz CT molecular complexity index is 364. The first-order chi connectivity index (χ1) is 7.40. The largest absolute Gasteiger partial charge is 0.244 e. The van der Waals surface area contributed by atoms with Crippen LogP contribution in [0.1, 0.15) is 31.4 Å². The summed E-state index contributed by atoms with van der Waals surface area (Å²) in [5.74, 6) is 1.99. The molecule has 1 aliphatic carbocycles. The summed E-state index contributed by atoms with van der Waals surface area (Å²) in [6, 6.07) is 6.03. The van der Waals surface area contributed by atoms with Crippen LogP contribution in [0.3, 0.4) is 0 Å². The van der Waals surface area contributed by atoms with Crippen LogP contribution in [0.5, 0.6) is 0 Å². The van der Waals surface area contributed by atoms with Crippen molar-refractivity contribution in [3.05, 3.63) is 24.0 Å². The van der Waals surface area contributed by atoms with E-state index in [0.29, 0.717) is 5.69 Å². The van der Waals surface area contributed by atoms with E-state index in [9.17, 15) is 0 Å². The van der Waals surface area contributed by atoms with Crippen molar-refractivity contribution in [1.82, 2.24) is 4.98 Å². The Morgan fingerprint density at radius 1 is 1.47 bits per heavy atom. The van der Waals surface area contributed by atoms with E-state index < -0.39 is 0 Å². The molecular weight excluding hydrogens is 204 g/mol. The molecule has 1 fully saturated rings. The van der Waals surface area contributed by atoms with Gasteiger partial charge in [0.15, 0.2) is 5.69 Å². The third-order valence-electron chi connectivity index (χ3n) is 2.83. The molecule has 0 bridgehead atoms. The van der Waals surface area contributed by atoms with E-state index in [4.69, 9.17) is 5.26 Å². The van der Waals surface area contributed by atoms with Gasteiger partial charge in [-0.05, 0) is 30.9 Å². The molecule has 0 atom stereocenters. The van der Waals surface area contributed by atoms with Crippen LogP contribution in [-0.4, -0.2) is 10.7 Å². The zero-order valence-corrected chi connectivity index (χ0v) is 9.46. The van der Waals surface area contributed by atoms with Gasteiger partial charge in [0.2, 0.25) is 0 Å². The van der Waals surface area contributed by atoms with Gasteiger partial charge in [0.1, 0.15) is 6.07 Å². The fourth-order valence-electron chi connectivity index (χ4n) is 1.98. The lowest BCUT2D eigenvalue weighted by atomic mass is 10.1. The molecule has 0 amide bonds. The van der Waals surface area contributed by atoms with Crippen LogP contribution in [0.15, 0.2) is 23.2 Å². The maximum absolute atomic E-state index is 8.88. The van der Waals surface area contributed by atoms with Gasteiger partial charge in [-0.25, -0.2) is 4.98 Å². The molecule has 0 aliphatic heterocycles. The fraction of sp³-hybridized carbons (Fsp3) is 0.500. The Morgan fingerprint density at radius 3 is 3.00 bits per heavy atom. The Morgan fingerprint density at radius 2 is 2.27 bits per heavy atom. The van der Waals surface area contributed by atoms with Crippen molar-refractivity contribution in [2.75, 3.05) is 5.75 Å². The Kier molecular flexibility index (Phi) is 3.63. The molecule has 1 aromatic rings. The van der Waals surface area contributed by atoms with E-state index in [-0.39, 0.29) is 0 Å². The van der Waals surface area contributed by atoms with Crippen LogP contribution in [0, 0.1) is 17.2 Å². The number of rotatable bonds is 3. The van der Waals surface area contributed by atoms with Crippen LogP contribution in [0.2, 0.25) is 0 Å². The summed E-state index contributed by atoms with van der Waals surface area (Å²) in [6.45, 7) is 0. The highest BCUT2D eigenvalue weighted by molar-refractivity contribution is 7.99. The van der Waals surface area contributed by atoms with Gasteiger partial charge >= 0.3 is 0 Å². The minimum Gasteiger partial charge on any atom is -0.244 e. The lowest BCUT2D eigenvalue weighted by Crippen LogP contribution is -1.97. The first-order valence-electron chi connectivity index (χ1n) is 5.38. The molecule has 1 aliphatic rings. The zero-order chi connectivity index (χ0) is 10.5. The van der Waals surface area contributed by atoms with E-state index in [1.807, 2.05) is 12.1 Å². The molecule has 1 aromatic heterocycles. The SMILES string of the molecule is N#Cc1ncccc1SCC1CCCC1. The second-order valence-corrected chi connectivity index (χ2v) is 4.99. The molecule has 0 spiro atoms. The summed E-state index contributed by atoms with van der Waals surface area (Å²) in [6.07, 6.45) is 7.15. The Balaban J connectivity index is 1.95. The van der Waals surface area contributed by atoms with E-state index in [1.165, 1.54) is 25.7 Å². The van der Waals surface area contributed by atoms with Gasteiger partial charge in [0.25, 0.3) is 0 Å². The molecule has 0 aromatic carbocycles. The lowest BCUT2D eigenvalue weighted by Gasteiger charge is -2.08. The number of hydrogen-bond acceptors (Lipinski definition) is 3. The van der Waals surface area contributed by atoms with Gasteiger partial charge in [0.05, 0.1) is 0 Å². The van der Waals surface area contributed by atoms with Crippen molar-refractivity contribution in [1.29, 1.82) is 5.26 Å². The van der Waals surface area contributed by atoms with Gasteiger partial charge in [-0.2, -0.15) is 5.26 Å². The predicted molar refractivity (Wildman–Crippen MR) is 61.6 cm³/mol.